The summed E-state index contributed by atoms with van der Waals surface area (Å²) in [4.78, 5) is 0. The summed E-state index contributed by atoms with van der Waals surface area (Å²) in [6.07, 6.45) is 1.51. The molecule has 1 nitrogen and oxygen atoms in total. The Morgan fingerprint density at radius 3 is 2.43 bits per heavy atom. The summed E-state index contributed by atoms with van der Waals surface area (Å²) >= 11 is 0. The summed E-state index contributed by atoms with van der Waals surface area (Å²) in [5.74, 6) is 0.230. The van der Waals surface area contributed by atoms with Crippen LogP contribution in [0.2, 0.25) is 0 Å². The summed E-state index contributed by atoms with van der Waals surface area (Å²) in [5, 5.41) is 0. The molecule has 0 aliphatic carbocycles. The number of ether oxygens (including phenoxy) is 1. The van der Waals surface area contributed by atoms with Crippen LogP contribution in [0.15, 0.2) is 0 Å². The Balaban J connectivity index is 2.14. The van der Waals surface area contributed by atoms with Gasteiger partial charge in [0.15, 0.2) is 0 Å². The smallest absolute Gasteiger partial charge is 0.0625 e. The minimum absolute atomic E-state index is 0.230. The van der Waals surface area contributed by atoms with Crippen molar-refractivity contribution in [1.82, 2.24) is 0 Å². The van der Waals surface area contributed by atoms with Crippen LogP contribution in [0.5, 0.6) is 0 Å². The van der Waals surface area contributed by atoms with E-state index in [1.54, 1.807) is 0 Å². The normalized spacial score (nSPS) is 30.4. The lowest BCUT2D eigenvalue weighted by atomic mass is 10.0. The third kappa shape index (κ3) is 0.942. The molecular weight excluding hydrogens is 88.1 g/mol. The van der Waals surface area contributed by atoms with E-state index < -0.39 is 0 Å². The van der Waals surface area contributed by atoms with Gasteiger partial charge in [0.25, 0.3) is 0 Å². The molecule has 0 aromatic heterocycles. The number of hydrogen-bond acceptors (Lipinski definition) is 1. The zero-order chi connectivity index (χ0) is 5.28. The van der Waals surface area contributed by atoms with Gasteiger partial charge in [0.05, 0.1) is 6.10 Å². The molecule has 1 saturated heterocycles. The first-order valence-electron chi connectivity index (χ1n) is 2.68. The Morgan fingerprint density at radius 2 is 2.43 bits per heavy atom. The highest BCUT2D eigenvalue weighted by molar-refractivity contribution is 4.73. The van der Waals surface area contributed by atoms with E-state index in [1.807, 2.05) is 6.92 Å². The fourth-order valence-electron chi connectivity index (χ4n) is 0.669. The van der Waals surface area contributed by atoms with Gasteiger partial charge in [-0.2, -0.15) is 0 Å². The Hall–Kier alpha value is -0.0400. The summed E-state index contributed by atoms with van der Waals surface area (Å²) in [5.41, 5.74) is 0. The van der Waals surface area contributed by atoms with Crippen molar-refractivity contribution in [2.45, 2.75) is 19.4 Å². The lowest BCUT2D eigenvalue weighted by molar-refractivity contribution is -0.0707. The van der Waals surface area contributed by atoms with Crippen molar-refractivity contribution in [1.29, 1.82) is 0 Å². The summed E-state index contributed by atoms with van der Waals surface area (Å²) in [6, 6.07) is 0. The molecule has 0 spiro atoms. The van der Waals surface area contributed by atoms with Crippen LogP contribution >= 0.6 is 0 Å². The van der Waals surface area contributed by atoms with Crippen LogP contribution < -0.4 is 0 Å². The molecule has 0 bridgehead atoms. The maximum Gasteiger partial charge on any atom is 0.0625 e. The van der Waals surface area contributed by atoms with Gasteiger partial charge in [-0.3, -0.25) is 0 Å². The molecule has 1 fully saturated rings. The first-order chi connectivity index (χ1) is 3.30. The molecule has 0 aromatic rings. The Kier molecular flexibility index (Phi) is 1.33. The van der Waals surface area contributed by atoms with Crippen LogP contribution in [-0.4, -0.2) is 12.7 Å². The van der Waals surface area contributed by atoms with Gasteiger partial charge in [0, 0.05) is 6.61 Å². The molecule has 1 heterocycles. The molecule has 1 aliphatic rings. The second-order valence-corrected chi connectivity index (χ2v) is 2.06. The zero-order valence-electron chi connectivity index (χ0n) is 4.55. The maximum atomic E-state index is 5.47. The third-order valence-corrected chi connectivity index (χ3v) is 1.32. The van der Waals surface area contributed by atoms with Crippen molar-refractivity contribution in [2.75, 3.05) is 6.61 Å². The predicted molar refractivity (Wildman–Crippen MR) is 27.8 cm³/mol. The van der Waals surface area contributed by atoms with Crippen molar-refractivity contribution in [3.8, 4) is 0 Å². The molecule has 40 valence electrons. The second kappa shape index (κ2) is 1.83. The fraction of sp³-hybridized carbons (Fsp3) is 0.833. The molecular formula is C6H10O. The van der Waals surface area contributed by atoms with Gasteiger partial charge in [-0.1, -0.05) is 6.92 Å². The quantitative estimate of drug-likeness (QED) is 0.477. The van der Waals surface area contributed by atoms with E-state index in [9.17, 15) is 0 Å². The Morgan fingerprint density at radius 1 is 1.86 bits per heavy atom. The van der Waals surface area contributed by atoms with Crippen molar-refractivity contribution < 1.29 is 4.74 Å². The van der Waals surface area contributed by atoms with E-state index in [4.69, 9.17) is 11.7 Å². The van der Waals surface area contributed by atoms with Gasteiger partial charge in [-0.25, -0.2) is 0 Å². The third-order valence-electron chi connectivity index (χ3n) is 1.32. The van der Waals surface area contributed by atoms with Gasteiger partial charge < -0.3 is 4.74 Å². The number of hydrogen-bond donors (Lipinski definition) is 0. The highest BCUT2D eigenvalue weighted by Gasteiger charge is 2.20. The van der Waals surface area contributed by atoms with Gasteiger partial charge in [-0.15, -0.1) is 0 Å². The highest BCUT2D eigenvalue weighted by Crippen LogP contribution is 2.18. The Labute approximate surface area is 44.7 Å². The lowest BCUT2D eigenvalue weighted by Gasteiger charge is -2.29. The first-order valence-corrected chi connectivity index (χ1v) is 2.68. The van der Waals surface area contributed by atoms with E-state index in [-0.39, 0.29) is 5.92 Å². The van der Waals surface area contributed by atoms with Gasteiger partial charge in [0.1, 0.15) is 0 Å². The van der Waals surface area contributed by atoms with E-state index in [0.29, 0.717) is 6.10 Å². The predicted octanol–water partition coefficient (Wildman–Crippen LogP) is 1.12. The van der Waals surface area contributed by atoms with Crippen LogP contribution in [-0.2, 0) is 4.74 Å². The summed E-state index contributed by atoms with van der Waals surface area (Å²) in [7, 11) is 0. The van der Waals surface area contributed by atoms with Gasteiger partial charge >= 0.3 is 0 Å². The second-order valence-electron chi connectivity index (χ2n) is 2.06. The summed E-state index contributed by atoms with van der Waals surface area (Å²) in [6.45, 7) is 8.36. The van der Waals surface area contributed by atoms with Crippen molar-refractivity contribution in [2.24, 2.45) is 5.92 Å². The zero-order valence-corrected chi connectivity index (χ0v) is 4.55. The molecule has 1 heteroatoms. The molecule has 2 unspecified atom stereocenters. The fourth-order valence-corrected chi connectivity index (χ4v) is 0.669. The molecule has 0 amide bonds. The minimum atomic E-state index is 0.230. The molecule has 2 radical (unpaired) electrons. The molecule has 2 atom stereocenters. The van der Waals surface area contributed by atoms with Crippen LogP contribution in [0.25, 0.3) is 0 Å². The van der Waals surface area contributed by atoms with E-state index in [0.717, 1.165) is 13.0 Å². The molecule has 7 heavy (non-hydrogen) atoms. The molecule has 0 N–H and O–H groups in total. The molecule has 0 saturated carbocycles. The average Bonchev–Trinajstić information content (AvgIpc) is 1.23. The minimum Gasteiger partial charge on any atom is -0.378 e. The van der Waals surface area contributed by atoms with Crippen LogP contribution in [0.3, 0.4) is 0 Å². The first kappa shape index (κ1) is 5.10. The largest absolute Gasteiger partial charge is 0.378 e. The number of rotatable bonds is 1. The van der Waals surface area contributed by atoms with Gasteiger partial charge in [-0.05, 0) is 19.3 Å². The molecule has 0 aromatic carbocycles. The maximum absolute atomic E-state index is 5.47. The topological polar surface area (TPSA) is 9.23 Å². The lowest BCUT2D eigenvalue weighted by Crippen LogP contribution is -2.31. The average molecular weight is 98.1 g/mol. The molecule has 1 aliphatic heterocycles. The Bertz CT molecular complexity index is 55.2. The van der Waals surface area contributed by atoms with E-state index in [1.165, 1.54) is 0 Å². The van der Waals surface area contributed by atoms with Crippen LogP contribution in [0.1, 0.15) is 13.3 Å². The standard InChI is InChI=1S/C6H10O/c1-5(2)6-3-4-7-6/h1,5-6H,3-4H2,2H3. The van der Waals surface area contributed by atoms with E-state index in [2.05, 4.69) is 0 Å². The highest BCUT2D eigenvalue weighted by atomic mass is 16.5. The summed E-state index contributed by atoms with van der Waals surface area (Å²) < 4.78 is 5.07. The SMILES string of the molecule is [CH]C(C)C1CCO1. The van der Waals surface area contributed by atoms with E-state index >= 15 is 0 Å². The van der Waals surface area contributed by atoms with Crippen molar-refractivity contribution >= 4 is 0 Å². The van der Waals surface area contributed by atoms with Crippen molar-refractivity contribution in [3.05, 3.63) is 6.92 Å². The molecule has 1 rings (SSSR count). The van der Waals surface area contributed by atoms with Crippen LogP contribution in [0.4, 0.5) is 0 Å². The van der Waals surface area contributed by atoms with Crippen LogP contribution in [0, 0.1) is 12.8 Å². The monoisotopic (exact) mass is 98.1 g/mol. The van der Waals surface area contributed by atoms with Crippen molar-refractivity contribution in [3.63, 3.8) is 0 Å². The van der Waals surface area contributed by atoms with Gasteiger partial charge in [0.2, 0.25) is 0 Å².